The van der Waals surface area contributed by atoms with Gasteiger partial charge in [0.25, 0.3) is 0 Å². The molecule has 0 spiro atoms. The summed E-state index contributed by atoms with van der Waals surface area (Å²) in [5, 5.41) is 13.9. The second-order valence-corrected chi connectivity index (χ2v) is 7.62. The van der Waals surface area contributed by atoms with Crippen LogP contribution in [0.3, 0.4) is 0 Å². The molecule has 8 heteroatoms. The fraction of sp³-hybridized carbons (Fsp3) is 0.167. The SMILES string of the molecule is C[C@@H](Cn1cnc2ccccc21)C(=O)N/N=C\c1cc(Br)cc(Br)c1O. The topological polar surface area (TPSA) is 79.5 Å². The van der Waals surface area contributed by atoms with Gasteiger partial charge in [0.05, 0.1) is 34.0 Å². The third-order valence-corrected chi connectivity index (χ3v) is 4.94. The number of imidazole rings is 1. The molecule has 6 nitrogen and oxygen atoms in total. The summed E-state index contributed by atoms with van der Waals surface area (Å²) in [7, 11) is 0. The summed E-state index contributed by atoms with van der Waals surface area (Å²) in [6.07, 6.45) is 3.14. The zero-order valence-corrected chi connectivity index (χ0v) is 17.0. The van der Waals surface area contributed by atoms with E-state index in [0.717, 1.165) is 15.5 Å². The lowest BCUT2D eigenvalue weighted by molar-refractivity contribution is -0.124. The Balaban J connectivity index is 1.65. The molecule has 2 N–H and O–H groups in total. The Morgan fingerprint density at radius 1 is 1.38 bits per heavy atom. The minimum absolute atomic E-state index is 0.0594. The molecule has 3 aromatic rings. The van der Waals surface area contributed by atoms with Gasteiger partial charge in [-0.15, -0.1) is 0 Å². The zero-order valence-electron chi connectivity index (χ0n) is 13.9. The van der Waals surface area contributed by atoms with E-state index in [4.69, 9.17) is 0 Å². The van der Waals surface area contributed by atoms with Crippen LogP contribution in [0.15, 0.2) is 56.8 Å². The Hall–Kier alpha value is -2.19. The highest BCUT2D eigenvalue weighted by Gasteiger charge is 2.14. The molecule has 0 aliphatic heterocycles. The van der Waals surface area contributed by atoms with Crippen molar-refractivity contribution >= 4 is 55.0 Å². The third-order valence-electron chi connectivity index (χ3n) is 3.88. The smallest absolute Gasteiger partial charge is 0.244 e. The molecular weight excluding hydrogens is 464 g/mol. The van der Waals surface area contributed by atoms with Crippen molar-refractivity contribution in [1.82, 2.24) is 15.0 Å². The first-order chi connectivity index (χ1) is 12.5. The quantitative estimate of drug-likeness (QED) is 0.428. The van der Waals surface area contributed by atoms with Crippen LogP contribution in [-0.2, 0) is 11.3 Å². The molecule has 0 aliphatic rings. The summed E-state index contributed by atoms with van der Waals surface area (Å²) in [6.45, 7) is 2.32. The van der Waals surface area contributed by atoms with Gasteiger partial charge in [0.2, 0.25) is 5.91 Å². The largest absolute Gasteiger partial charge is 0.506 e. The van der Waals surface area contributed by atoms with Crippen molar-refractivity contribution in [3.63, 3.8) is 0 Å². The fourth-order valence-corrected chi connectivity index (χ4v) is 3.75. The van der Waals surface area contributed by atoms with Gasteiger partial charge in [0.15, 0.2) is 0 Å². The van der Waals surface area contributed by atoms with Crippen molar-refractivity contribution in [2.45, 2.75) is 13.5 Å². The van der Waals surface area contributed by atoms with Crippen molar-refractivity contribution in [3.05, 3.63) is 57.2 Å². The van der Waals surface area contributed by atoms with Gasteiger partial charge in [0, 0.05) is 16.6 Å². The van der Waals surface area contributed by atoms with Crippen molar-refractivity contribution in [3.8, 4) is 5.75 Å². The first-order valence-corrected chi connectivity index (χ1v) is 9.45. The summed E-state index contributed by atoms with van der Waals surface area (Å²) in [4.78, 5) is 16.6. The number of rotatable bonds is 5. The average molecular weight is 480 g/mol. The molecule has 0 aliphatic carbocycles. The predicted octanol–water partition coefficient (Wildman–Crippen LogP) is 4.05. The molecule has 26 heavy (non-hydrogen) atoms. The van der Waals surface area contributed by atoms with E-state index < -0.39 is 0 Å². The van der Waals surface area contributed by atoms with Crippen LogP contribution in [-0.4, -0.2) is 26.8 Å². The summed E-state index contributed by atoms with van der Waals surface area (Å²) < 4.78 is 3.27. The molecule has 1 atom stereocenters. The minimum Gasteiger partial charge on any atom is -0.506 e. The van der Waals surface area contributed by atoms with Crippen LogP contribution < -0.4 is 5.43 Å². The first kappa shape index (κ1) is 18.6. The monoisotopic (exact) mass is 478 g/mol. The normalized spacial score (nSPS) is 12.6. The molecule has 2 aromatic carbocycles. The van der Waals surface area contributed by atoms with Crippen LogP contribution in [0.5, 0.6) is 5.75 Å². The van der Waals surface area contributed by atoms with Crippen molar-refractivity contribution in [2.75, 3.05) is 0 Å². The number of halogens is 2. The van der Waals surface area contributed by atoms with E-state index in [1.165, 1.54) is 6.21 Å². The molecule has 1 heterocycles. The van der Waals surface area contributed by atoms with Gasteiger partial charge in [-0.3, -0.25) is 4.79 Å². The fourth-order valence-electron chi connectivity index (χ4n) is 2.49. The van der Waals surface area contributed by atoms with Crippen LogP contribution in [0.2, 0.25) is 0 Å². The van der Waals surface area contributed by atoms with E-state index in [9.17, 15) is 9.90 Å². The maximum atomic E-state index is 12.3. The molecule has 0 radical (unpaired) electrons. The van der Waals surface area contributed by atoms with Gasteiger partial charge < -0.3 is 9.67 Å². The third kappa shape index (κ3) is 4.13. The standard InChI is InChI=1S/C18H16Br2N4O2/c1-11(9-24-10-21-15-4-2-3-5-16(15)24)18(26)23-22-8-12-6-13(19)7-14(20)17(12)25/h2-8,10-11,25H,9H2,1H3,(H,23,26)/b22-8-/t11-/m0/s1. The first-order valence-electron chi connectivity index (χ1n) is 7.86. The van der Waals surface area contributed by atoms with E-state index in [-0.39, 0.29) is 17.6 Å². The Morgan fingerprint density at radius 3 is 2.96 bits per heavy atom. The van der Waals surface area contributed by atoms with Crippen molar-refractivity contribution in [2.24, 2.45) is 11.0 Å². The number of hydrogen-bond donors (Lipinski definition) is 2. The summed E-state index contributed by atoms with van der Waals surface area (Å²) in [6, 6.07) is 11.2. The molecule has 0 saturated heterocycles. The number of benzene rings is 2. The Labute approximate surface area is 167 Å². The maximum Gasteiger partial charge on any atom is 0.244 e. The van der Waals surface area contributed by atoms with Crippen molar-refractivity contribution in [1.29, 1.82) is 0 Å². The summed E-state index contributed by atoms with van der Waals surface area (Å²) in [5.74, 6) is -0.454. The number of amides is 1. The number of nitrogens with one attached hydrogen (secondary N) is 1. The van der Waals surface area contributed by atoms with Crippen LogP contribution in [0.4, 0.5) is 0 Å². The average Bonchev–Trinajstić information content (AvgIpc) is 3.02. The van der Waals surface area contributed by atoms with Crippen LogP contribution in [0.25, 0.3) is 11.0 Å². The van der Waals surface area contributed by atoms with E-state index in [2.05, 4.69) is 47.4 Å². The van der Waals surface area contributed by atoms with Gasteiger partial charge in [-0.05, 0) is 40.2 Å². The number of aromatic nitrogens is 2. The van der Waals surface area contributed by atoms with Crippen LogP contribution in [0.1, 0.15) is 12.5 Å². The number of carbonyl (C=O) groups is 1. The highest BCUT2D eigenvalue weighted by atomic mass is 79.9. The number of para-hydroxylation sites is 2. The number of hydrogen-bond acceptors (Lipinski definition) is 4. The molecular formula is C18H16Br2N4O2. The molecule has 0 saturated carbocycles. The highest BCUT2D eigenvalue weighted by molar-refractivity contribution is 9.11. The number of nitrogens with zero attached hydrogens (tertiary/aromatic N) is 3. The number of phenolic OH excluding ortho intramolecular Hbond substituents is 1. The molecule has 0 fully saturated rings. The van der Waals surface area contributed by atoms with E-state index in [0.29, 0.717) is 16.6 Å². The molecule has 3 rings (SSSR count). The summed E-state index contributed by atoms with van der Waals surface area (Å²) >= 11 is 6.60. The minimum atomic E-state index is -0.299. The highest BCUT2D eigenvalue weighted by Crippen LogP contribution is 2.30. The lowest BCUT2D eigenvalue weighted by Crippen LogP contribution is -2.27. The predicted molar refractivity (Wildman–Crippen MR) is 108 cm³/mol. The number of fused-ring (bicyclic) bond motifs is 1. The lowest BCUT2D eigenvalue weighted by atomic mass is 10.1. The molecule has 1 amide bonds. The number of aromatic hydroxyl groups is 1. The number of hydrazone groups is 1. The van der Waals surface area contributed by atoms with Gasteiger partial charge in [-0.2, -0.15) is 5.10 Å². The van der Waals surface area contributed by atoms with Crippen LogP contribution >= 0.6 is 31.9 Å². The van der Waals surface area contributed by atoms with Gasteiger partial charge in [0.1, 0.15) is 5.75 Å². The van der Waals surface area contributed by atoms with Crippen LogP contribution in [0, 0.1) is 5.92 Å². The van der Waals surface area contributed by atoms with E-state index in [1.54, 1.807) is 18.5 Å². The number of carbonyl (C=O) groups excluding carboxylic acids is 1. The Bertz CT molecular complexity index is 984. The van der Waals surface area contributed by atoms with Gasteiger partial charge >= 0.3 is 0 Å². The summed E-state index contributed by atoms with van der Waals surface area (Å²) in [5.41, 5.74) is 4.88. The van der Waals surface area contributed by atoms with Gasteiger partial charge in [-0.1, -0.05) is 35.0 Å². The maximum absolute atomic E-state index is 12.3. The zero-order chi connectivity index (χ0) is 18.7. The van der Waals surface area contributed by atoms with E-state index in [1.807, 2.05) is 35.8 Å². The second kappa shape index (κ2) is 8.01. The Morgan fingerprint density at radius 2 is 2.15 bits per heavy atom. The van der Waals surface area contributed by atoms with Crippen molar-refractivity contribution < 1.29 is 9.90 Å². The van der Waals surface area contributed by atoms with Gasteiger partial charge in [-0.25, -0.2) is 10.4 Å². The molecule has 0 bridgehead atoms. The second-order valence-electron chi connectivity index (χ2n) is 5.85. The Kier molecular flexibility index (Phi) is 5.73. The lowest BCUT2D eigenvalue weighted by Gasteiger charge is -2.11. The molecule has 134 valence electrons. The molecule has 0 unspecified atom stereocenters. The molecule has 1 aromatic heterocycles. The van der Waals surface area contributed by atoms with E-state index >= 15 is 0 Å². The number of phenols is 1.